The van der Waals surface area contributed by atoms with E-state index in [-0.39, 0.29) is 11.3 Å². The maximum Gasteiger partial charge on any atom is 0.289 e. The predicted octanol–water partition coefficient (Wildman–Crippen LogP) is 1.43. The minimum atomic E-state index is -0.553. The molecule has 1 fully saturated rings. The summed E-state index contributed by atoms with van der Waals surface area (Å²) in [7, 11) is 0. The van der Waals surface area contributed by atoms with E-state index < -0.39 is 11.0 Å². The number of β-amino-alcohol motifs (C(OH)–C–C–N with tert-alkyl or cyclic N) is 1. The normalized spacial score (nSPS) is 19.3. The predicted molar refractivity (Wildman–Crippen MR) is 65.3 cm³/mol. The molecule has 1 aliphatic heterocycles. The number of benzene rings is 1. The monoisotopic (exact) mass is 247 g/mol. The number of anilines is 1. The maximum atomic E-state index is 10.9. The van der Waals surface area contributed by atoms with E-state index in [9.17, 15) is 15.2 Å². The molecule has 0 bridgehead atoms. The van der Waals surface area contributed by atoms with Gasteiger partial charge in [0.1, 0.15) is 11.6 Å². The molecule has 2 rings (SSSR count). The Labute approximate surface area is 104 Å². The number of nitriles is 1. The molecule has 18 heavy (non-hydrogen) atoms. The Hall–Kier alpha value is -2.13. The molecule has 1 aromatic carbocycles. The molecule has 0 aromatic heterocycles. The van der Waals surface area contributed by atoms with Crippen LogP contribution in [0.5, 0.6) is 0 Å². The van der Waals surface area contributed by atoms with Gasteiger partial charge in [-0.15, -0.1) is 0 Å². The third-order valence-electron chi connectivity index (χ3n) is 3.06. The Balaban J connectivity index is 2.32. The average Bonchev–Trinajstić information content (AvgIpc) is 2.38. The summed E-state index contributed by atoms with van der Waals surface area (Å²) in [4.78, 5) is 12.2. The lowest BCUT2D eigenvalue weighted by atomic mass is 10.1. The van der Waals surface area contributed by atoms with Gasteiger partial charge >= 0.3 is 0 Å². The molecular formula is C12H13N3O3. The van der Waals surface area contributed by atoms with E-state index in [1.165, 1.54) is 12.1 Å². The molecule has 0 saturated carbocycles. The summed E-state index contributed by atoms with van der Waals surface area (Å²) in [6, 6.07) is 6.34. The zero-order valence-electron chi connectivity index (χ0n) is 9.74. The van der Waals surface area contributed by atoms with Crippen molar-refractivity contribution in [3.63, 3.8) is 0 Å². The number of rotatable bonds is 2. The Morgan fingerprint density at radius 3 is 2.94 bits per heavy atom. The van der Waals surface area contributed by atoms with Gasteiger partial charge in [0.2, 0.25) is 0 Å². The first-order valence-electron chi connectivity index (χ1n) is 5.73. The lowest BCUT2D eigenvalue weighted by Gasteiger charge is -2.31. The number of hydrogen-bond acceptors (Lipinski definition) is 5. The van der Waals surface area contributed by atoms with Gasteiger partial charge in [-0.2, -0.15) is 5.26 Å². The van der Waals surface area contributed by atoms with Crippen molar-refractivity contribution in [3.8, 4) is 6.07 Å². The van der Waals surface area contributed by atoms with Crippen LogP contribution in [0.15, 0.2) is 18.2 Å². The highest BCUT2D eigenvalue weighted by Gasteiger charge is 2.21. The lowest BCUT2D eigenvalue weighted by molar-refractivity contribution is -0.385. The van der Waals surface area contributed by atoms with Crippen LogP contribution in [0.4, 0.5) is 11.4 Å². The summed E-state index contributed by atoms with van der Waals surface area (Å²) in [5, 5.41) is 29.3. The van der Waals surface area contributed by atoms with Crippen molar-refractivity contribution in [1.29, 1.82) is 5.26 Å². The molecule has 0 radical (unpaired) electrons. The molecule has 1 heterocycles. The highest BCUT2D eigenvalue weighted by atomic mass is 16.6. The van der Waals surface area contributed by atoms with Crippen molar-refractivity contribution in [2.45, 2.75) is 18.9 Å². The van der Waals surface area contributed by atoms with Crippen LogP contribution in [0.1, 0.15) is 18.4 Å². The summed E-state index contributed by atoms with van der Waals surface area (Å²) in [5.41, 5.74) is 0.552. The fourth-order valence-electron chi connectivity index (χ4n) is 2.15. The topological polar surface area (TPSA) is 90.4 Å². The minimum absolute atomic E-state index is 0.0568. The number of nitrogens with zero attached hydrogens (tertiary/aromatic N) is 3. The molecule has 0 unspecified atom stereocenters. The summed E-state index contributed by atoms with van der Waals surface area (Å²) < 4.78 is 0. The number of piperidine rings is 1. The lowest BCUT2D eigenvalue weighted by Crippen LogP contribution is -2.38. The Bertz CT molecular complexity index is 510. The summed E-state index contributed by atoms with van der Waals surface area (Å²) in [6.45, 7) is 1.24. The quantitative estimate of drug-likeness (QED) is 0.630. The van der Waals surface area contributed by atoms with Gasteiger partial charge in [-0.25, -0.2) is 0 Å². The number of aliphatic hydroxyl groups excluding tert-OH is 1. The molecule has 1 saturated heterocycles. The van der Waals surface area contributed by atoms with E-state index in [0.717, 1.165) is 19.4 Å². The molecule has 6 heteroatoms. The van der Waals surface area contributed by atoms with Crippen LogP contribution >= 0.6 is 0 Å². The molecule has 6 nitrogen and oxygen atoms in total. The first kappa shape index (κ1) is 12.3. The van der Waals surface area contributed by atoms with Crippen LogP contribution in [0.25, 0.3) is 0 Å². The molecular weight excluding hydrogens is 234 g/mol. The van der Waals surface area contributed by atoms with Crippen LogP contribution < -0.4 is 4.90 Å². The van der Waals surface area contributed by atoms with Gasteiger partial charge in [0.25, 0.3) is 5.69 Å². The van der Waals surface area contributed by atoms with Crippen LogP contribution in [0.3, 0.4) is 0 Å². The molecule has 94 valence electrons. The number of nitro benzene ring substituents is 1. The molecule has 1 N–H and O–H groups in total. The van der Waals surface area contributed by atoms with Crippen LogP contribution in [-0.4, -0.2) is 29.2 Å². The molecule has 1 aromatic rings. The van der Waals surface area contributed by atoms with Gasteiger partial charge in [-0.3, -0.25) is 10.1 Å². The van der Waals surface area contributed by atoms with Crippen molar-refractivity contribution in [2.24, 2.45) is 0 Å². The van der Waals surface area contributed by atoms with Gasteiger partial charge in [0, 0.05) is 24.8 Å². The van der Waals surface area contributed by atoms with Crippen LogP contribution in [0.2, 0.25) is 0 Å². The zero-order chi connectivity index (χ0) is 13.1. The van der Waals surface area contributed by atoms with Crippen LogP contribution in [0, 0.1) is 21.4 Å². The largest absolute Gasteiger partial charge is 0.391 e. The Kier molecular flexibility index (Phi) is 3.44. The van der Waals surface area contributed by atoms with E-state index in [0.29, 0.717) is 12.2 Å². The SMILES string of the molecule is N#Cc1ccc(N2CCC[C@H](O)C2)cc1[N+](=O)[O-]. The fourth-order valence-corrected chi connectivity index (χ4v) is 2.15. The Morgan fingerprint density at radius 2 is 2.33 bits per heavy atom. The van der Waals surface area contributed by atoms with E-state index in [2.05, 4.69) is 0 Å². The van der Waals surface area contributed by atoms with Gasteiger partial charge in [0.05, 0.1) is 11.0 Å². The fraction of sp³-hybridized carbons (Fsp3) is 0.417. The van der Waals surface area contributed by atoms with Crippen LogP contribution in [-0.2, 0) is 0 Å². The highest BCUT2D eigenvalue weighted by Crippen LogP contribution is 2.27. The molecule has 1 aliphatic rings. The smallest absolute Gasteiger partial charge is 0.289 e. The molecule has 1 atom stereocenters. The minimum Gasteiger partial charge on any atom is -0.391 e. The standard InChI is InChI=1S/C12H13N3O3/c13-7-9-3-4-10(6-12(9)15(17)18)14-5-1-2-11(16)8-14/h3-4,6,11,16H,1-2,5,8H2/t11-/m0/s1. The van der Waals surface area contributed by atoms with Crippen molar-refractivity contribution < 1.29 is 10.0 Å². The number of nitro groups is 1. The third kappa shape index (κ3) is 2.41. The van der Waals surface area contributed by atoms with Crippen molar-refractivity contribution in [2.75, 3.05) is 18.0 Å². The maximum absolute atomic E-state index is 10.9. The second-order valence-corrected chi connectivity index (χ2v) is 4.31. The van der Waals surface area contributed by atoms with Crippen molar-refractivity contribution >= 4 is 11.4 Å². The average molecular weight is 247 g/mol. The molecule has 0 aliphatic carbocycles. The van der Waals surface area contributed by atoms with Gasteiger partial charge in [-0.05, 0) is 25.0 Å². The van der Waals surface area contributed by atoms with E-state index in [1.54, 1.807) is 12.1 Å². The van der Waals surface area contributed by atoms with Gasteiger partial charge in [-0.1, -0.05) is 0 Å². The third-order valence-corrected chi connectivity index (χ3v) is 3.06. The van der Waals surface area contributed by atoms with Crippen molar-refractivity contribution in [1.82, 2.24) is 0 Å². The van der Waals surface area contributed by atoms with E-state index in [4.69, 9.17) is 5.26 Å². The van der Waals surface area contributed by atoms with E-state index >= 15 is 0 Å². The molecule has 0 spiro atoms. The summed E-state index contributed by atoms with van der Waals surface area (Å²) >= 11 is 0. The second-order valence-electron chi connectivity index (χ2n) is 4.31. The first-order chi connectivity index (χ1) is 8.61. The van der Waals surface area contributed by atoms with Gasteiger partial charge in [0.15, 0.2) is 0 Å². The summed E-state index contributed by atoms with van der Waals surface area (Å²) in [6.07, 6.45) is 1.22. The molecule has 0 amide bonds. The number of aliphatic hydroxyl groups is 1. The van der Waals surface area contributed by atoms with Gasteiger partial charge < -0.3 is 10.0 Å². The number of hydrogen-bond donors (Lipinski definition) is 1. The Morgan fingerprint density at radius 1 is 1.56 bits per heavy atom. The second kappa shape index (κ2) is 5.02. The van der Waals surface area contributed by atoms with E-state index in [1.807, 2.05) is 4.90 Å². The summed E-state index contributed by atoms with van der Waals surface area (Å²) in [5.74, 6) is 0. The highest BCUT2D eigenvalue weighted by molar-refractivity contribution is 5.60. The van der Waals surface area contributed by atoms with Crippen molar-refractivity contribution in [3.05, 3.63) is 33.9 Å². The first-order valence-corrected chi connectivity index (χ1v) is 5.73. The zero-order valence-corrected chi connectivity index (χ0v) is 9.74.